The summed E-state index contributed by atoms with van der Waals surface area (Å²) in [6, 6.07) is 6.21. The number of thiocarbonyl (C=S) groups is 1. The molecule has 0 radical (unpaired) electrons. The van der Waals surface area contributed by atoms with Crippen LogP contribution < -0.4 is 10.7 Å². The van der Waals surface area contributed by atoms with Crippen LogP contribution in [-0.2, 0) is 0 Å². The summed E-state index contributed by atoms with van der Waals surface area (Å²) in [5.74, 6) is 0. The lowest BCUT2D eigenvalue weighted by Gasteiger charge is -2.07. The maximum absolute atomic E-state index is 10.6. The van der Waals surface area contributed by atoms with Crippen LogP contribution in [-0.4, -0.2) is 22.8 Å². The Labute approximate surface area is 206 Å². The Morgan fingerprint density at radius 2 is 1.30 bits per heavy atom. The molecule has 186 valence electrons. The van der Waals surface area contributed by atoms with Crippen molar-refractivity contribution in [1.82, 2.24) is 10.7 Å². The van der Waals surface area contributed by atoms with Crippen molar-refractivity contribution in [3.05, 3.63) is 39.9 Å². The Morgan fingerprint density at radius 1 is 0.848 bits per heavy atom. The molecule has 33 heavy (non-hydrogen) atoms. The van der Waals surface area contributed by atoms with E-state index in [1.165, 1.54) is 108 Å². The molecule has 0 bridgehead atoms. The standard InChI is InChI=1S/C26H44N4O2S/c1-2-3-4-5-6-7-8-9-10-11-12-13-14-15-16-17-22-27-26(33)29-28-23-24-18-20-25(21-19-24)30(31)32/h18-21,23H,2-17,22H2,1H3,(H2,27,29,33)/b28-23+. The van der Waals surface area contributed by atoms with Crippen LogP contribution in [0.4, 0.5) is 5.69 Å². The van der Waals surface area contributed by atoms with Gasteiger partial charge in [-0.25, -0.2) is 0 Å². The zero-order valence-corrected chi connectivity index (χ0v) is 21.3. The lowest BCUT2D eigenvalue weighted by molar-refractivity contribution is -0.384. The molecule has 0 saturated heterocycles. The van der Waals surface area contributed by atoms with Crippen LogP contribution in [0.1, 0.15) is 115 Å². The zero-order valence-electron chi connectivity index (χ0n) is 20.5. The number of non-ortho nitro benzene ring substituents is 1. The van der Waals surface area contributed by atoms with Crippen molar-refractivity contribution in [2.45, 2.75) is 110 Å². The van der Waals surface area contributed by atoms with E-state index >= 15 is 0 Å². The SMILES string of the molecule is CCCCCCCCCCCCCCCCCCNC(=S)N/N=C/c1ccc([N+](=O)[O-])cc1. The number of hydrogen-bond donors (Lipinski definition) is 2. The first-order chi connectivity index (χ1) is 16.1. The minimum absolute atomic E-state index is 0.0658. The Bertz CT molecular complexity index is 665. The second-order valence-corrected chi connectivity index (χ2v) is 9.19. The van der Waals surface area contributed by atoms with E-state index in [1.54, 1.807) is 18.3 Å². The third-order valence-corrected chi connectivity index (χ3v) is 6.04. The zero-order chi connectivity index (χ0) is 24.0. The van der Waals surface area contributed by atoms with Crippen LogP contribution in [0.15, 0.2) is 29.4 Å². The van der Waals surface area contributed by atoms with Gasteiger partial charge in [-0.2, -0.15) is 5.10 Å². The van der Waals surface area contributed by atoms with E-state index in [9.17, 15) is 10.1 Å². The molecule has 2 N–H and O–H groups in total. The summed E-state index contributed by atoms with van der Waals surface area (Å²) in [6.07, 6.45) is 23.4. The molecule has 6 nitrogen and oxygen atoms in total. The van der Waals surface area contributed by atoms with E-state index in [2.05, 4.69) is 22.8 Å². The van der Waals surface area contributed by atoms with Crippen LogP contribution in [0.25, 0.3) is 0 Å². The molecule has 0 aliphatic heterocycles. The smallest absolute Gasteiger partial charge is 0.269 e. The molecule has 1 rings (SSSR count). The molecule has 0 spiro atoms. The van der Waals surface area contributed by atoms with Gasteiger partial charge in [0.2, 0.25) is 0 Å². The average Bonchev–Trinajstić information content (AvgIpc) is 2.81. The van der Waals surface area contributed by atoms with Crippen LogP contribution >= 0.6 is 12.2 Å². The van der Waals surface area contributed by atoms with E-state index in [0.717, 1.165) is 18.5 Å². The molecule has 1 aromatic rings. The van der Waals surface area contributed by atoms with Gasteiger partial charge in [0.05, 0.1) is 11.1 Å². The number of hydrazone groups is 1. The molecule has 0 unspecified atom stereocenters. The van der Waals surface area contributed by atoms with Gasteiger partial charge >= 0.3 is 0 Å². The predicted octanol–water partition coefficient (Wildman–Crippen LogP) is 7.65. The van der Waals surface area contributed by atoms with Crippen molar-refractivity contribution in [2.24, 2.45) is 5.10 Å². The van der Waals surface area contributed by atoms with Gasteiger partial charge in [-0.1, -0.05) is 103 Å². The molecule has 0 aromatic heterocycles. The summed E-state index contributed by atoms with van der Waals surface area (Å²) < 4.78 is 0. The lowest BCUT2D eigenvalue weighted by Crippen LogP contribution is -2.32. The van der Waals surface area contributed by atoms with E-state index < -0.39 is 4.92 Å². The van der Waals surface area contributed by atoms with Crippen LogP contribution in [0.5, 0.6) is 0 Å². The highest BCUT2D eigenvalue weighted by Gasteiger charge is 2.02. The van der Waals surface area contributed by atoms with Crippen molar-refractivity contribution < 1.29 is 4.92 Å². The Kier molecular flexibility index (Phi) is 18.1. The number of benzene rings is 1. The van der Waals surface area contributed by atoms with Crippen molar-refractivity contribution in [3.8, 4) is 0 Å². The van der Waals surface area contributed by atoms with Gasteiger partial charge in [-0.15, -0.1) is 0 Å². The maximum Gasteiger partial charge on any atom is 0.269 e. The summed E-state index contributed by atoms with van der Waals surface area (Å²) >= 11 is 5.21. The fourth-order valence-corrected chi connectivity index (χ4v) is 3.92. The lowest BCUT2D eigenvalue weighted by atomic mass is 10.0. The molecular weight excluding hydrogens is 432 g/mol. The first-order valence-corrected chi connectivity index (χ1v) is 13.4. The topological polar surface area (TPSA) is 79.6 Å². The number of unbranched alkanes of at least 4 members (excludes halogenated alkanes) is 15. The van der Waals surface area contributed by atoms with E-state index in [0.29, 0.717) is 5.11 Å². The first-order valence-electron chi connectivity index (χ1n) is 12.9. The number of nitrogens with one attached hydrogen (secondary N) is 2. The molecule has 0 saturated carbocycles. The number of nitrogens with zero attached hydrogens (tertiary/aromatic N) is 2. The fourth-order valence-electron chi connectivity index (χ4n) is 3.76. The minimum Gasteiger partial charge on any atom is -0.361 e. The molecule has 7 heteroatoms. The number of hydrogen-bond acceptors (Lipinski definition) is 4. The summed E-state index contributed by atoms with van der Waals surface area (Å²) in [5.41, 5.74) is 3.62. The molecule has 0 heterocycles. The summed E-state index contributed by atoms with van der Waals surface area (Å²) in [5, 5.41) is 18.4. The second-order valence-electron chi connectivity index (χ2n) is 8.78. The van der Waals surface area contributed by atoms with Gasteiger partial charge in [0, 0.05) is 18.7 Å². The maximum atomic E-state index is 10.6. The van der Waals surface area contributed by atoms with E-state index in [-0.39, 0.29) is 5.69 Å². The third-order valence-electron chi connectivity index (χ3n) is 5.80. The fraction of sp³-hybridized carbons (Fsp3) is 0.692. The Morgan fingerprint density at radius 3 is 1.76 bits per heavy atom. The van der Waals surface area contributed by atoms with Crippen LogP contribution in [0.3, 0.4) is 0 Å². The highest BCUT2D eigenvalue weighted by atomic mass is 32.1. The van der Waals surface area contributed by atoms with Crippen LogP contribution in [0.2, 0.25) is 0 Å². The highest BCUT2D eigenvalue weighted by molar-refractivity contribution is 7.80. The van der Waals surface area contributed by atoms with Gasteiger partial charge in [0.15, 0.2) is 5.11 Å². The van der Waals surface area contributed by atoms with Crippen molar-refractivity contribution in [2.75, 3.05) is 6.54 Å². The van der Waals surface area contributed by atoms with Crippen molar-refractivity contribution >= 4 is 29.2 Å². The molecule has 0 fully saturated rings. The number of nitro groups is 1. The van der Waals surface area contributed by atoms with Crippen molar-refractivity contribution in [1.29, 1.82) is 0 Å². The largest absolute Gasteiger partial charge is 0.361 e. The Balaban J connectivity index is 1.85. The summed E-state index contributed by atoms with van der Waals surface area (Å²) in [6.45, 7) is 3.12. The number of rotatable bonds is 20. The van der Waals surface area contributed by atoms with Crippen molar-refractivity contribution in [3.63, 3.8) is 0 Å². The van der Waals surface area contributed by atoms with Gasteiger partial charge < -0.3 is 5.32 Å². The molecule has 0 aliphatic rings. The van der Waals surface area contributed by atoms with E-state index in [4.69, 9.17) is 12.2 Å². The van der Waals surface area contributed by atoms with Crippen LogP contribution in [0, 0.1) is 10.1 Å². The van der Waals surface area contributed by atoms with Gasteiger partial charge in [0.1, 0.15) is 0 Å². The molecule has 0 atom stereocenters. The normalized spacial score (nSPS) is 11.1. The van der Waals surface area contributed by atoms with Gasteiger partial charge in [-0.05, 0) is 36.3 Å². The van der Waals surface area contributed by atoms with Gasteiger partial charge in [0.25, 0.3) is 5.69 Å². The minimum atomic E-state index is -0.420. The molecule has 0 amide bonds. The summed E-state index contributed by atoms with van der Waals surface area (Å²) in [4.78, 5) is 10.2. The Hall–Kier alpha value is -2.02. The third kappa shape index (κ3) is 17.2. The second kappa shape index (κ2) is 20.6. The summed E-state index contributed by atoms with van der Waals surface area (Å²) in [7, 11) is 0. The predicted molar refractivity (Wildman–Crippen MR) is 144 cm³/mol. The molecule has 0 aliphatic carbocycles. The quantitative estimate of drug-likeness (QED) is 0.0664. The number of nitro benzene ring substituents is 1. The first kappa shape index (κ1) is 29.0. The molecular formula is C26H44N4O2S. The van der Waals surface area contributed by atoms with E-state index in [1.807, 2.05) is 0 Å². The highest BCUT2D eigenvalue weighted by Crippen LogP contribution is 2.13. The molecule has 1 aromatic carbocycles. The average molecular weight is 477 g/mol. The monoisotopic (exact) mass is 476 g/mol. The van der Waals surface area contributed by atoms with Gasteiger partial charge in [-0.3, -0.25) is 15.5 Å².